The van der Waals surface area contributed by atoms with Crippen LogP contribution in [0.1, 0.15) is 11.7 Å². The molecular formula is C19H18N8O4S3. The summed E-state index contributed by atoms with van der Waals surface area (Å²) < 4.78 is 53.5. The van der Waals surface area contributed by atoms with E-state index >= 15 is 0 Å². The van der Waals surface area contributed by atoms with Crippen LogP contribution in [-0.2, 0) is 19.9 Å². The number of nitrogens with zero attached hydrogens (tertiary/aromatic N) is 2. The van der Waals surface area contributed by atoms with E-state index in [1.807, 2.05) is 6.07 Å². The first-order valence-electron chi connectivity index (χ1n) is 9.70. The summed E-state index contributed by atoms with van der Waals surface area (Å²) >= 11 is 1.28. The van der Waals surface area contributed by atoms with E-state index < -0.39 is 35.8 Å². The Hall–Kier alpha value is -3.02. The molecule has 2 aromatic carbocycles. The fraction of sp³-hybridized carbons (Fsp3) is 0.0526. The molecule has 0 atom stereocenters. The number of hydrogen-bond donors (Lipinski definition) is 6. The van der Waals surface area contributed by atoms with Gasteiger partial charge in [-0.3, -0.25) is 0 Å². The Morgan fingerprint density at radius 1 is 0.912 bits per heavy atom. The number of rotatable bonds is 5. The first-order chi connectivity index (χ1) is 16.2. The van der Waals surface area contributed by atoms with Gasteiger partial charge >= 0.3 is 0 Å². The maximum absolute atomic E-state index is 13.5. The summed E-state index contributed by atoms with van der Waals surface area (Å²) in [6.07, 6.45) is 0.425. The summed E-state index contributed by atoms with van der Waals surface area (Å²) in [5.41, 5.74) is 18.4. The first-order valence-corrected chi connectivity index (χ1v) is 13.5. The third-order valence-electron chi connectivity index (χ3n) is 5.16. The van der Waals surface area contributed by atoms with E-state index in [1.165, 1.54) is 41.8 Å². The van der Waals surface area contributed by atoms with Crippen molar-refractivity contribution in [2.75, 3.05) is 5.73 Å². The highest BCUT2D eigenvalue weighted by atomic mass is 32.2. The zero-order chi connectivity index (χ0) is 24.1. The van der Waals surface area contributed by atoms with E-state index in [0.717, 1.165) is 4.70 Å². The van der Waals surface area contributed by atoms with Crippen molar-refractivity contribution >= 4 is 46.5 Å². The number of pyridine rings is 1. The minimum atomic E-state index is -4.56. The lowest BCUT2D eigenvalue weighted by Gasteiger charge is -2.21. The molecule has 5 rings (SSSR count). The van der Waals surface area contributed by atoms with Gasteiger partial charge in [-0.05, 0) is 29.8 Å². The standard InChI is InChI=1S/C19H18N8O4S3/c20-19-23-16-11(4-3-5-12(16)32-19)10-7-8-13(33(28,29)14-6-1-2-9-22-14)17(34(21,30)31)15(10)18-24-26-27-25-18/h1-9,18,24-27H,(H2,20,23)(H2,21,30,31). The van der Waals surface area contributed by atoms with Crippen molar-refractivity contribution in [1.82, 2.24) is 31.9 Å². The average Bonchev–Trinajstić information content (AvgIpc) is 3.47. The molecule has 0 unspecified atom stereocenters. The molecule has 1 saturated heterocycles. The van der Waals surface area contributed by atoms with Crippen molar-refractivity contribution in [3.63, 3.8) is 0 Å². The van der Waals surface area contributed by atoms with E-state index in [0.29, 0.717) is 21.8 Å². The fourth-order valence-corrected chi connectivity index (χ4v) is 7.41. The Bertz CT molecular complexity index is 1620. The lowest BCUT2D eigenvalue weighted by molar-refractivity contribution is 0.534. The molecule has 8 N–H and O–H groups in total. The summed E-state index contributed by atoms with van der Waals surface area (Å²) in [5, 5.41) is 5.65. The molecule has 0 aliphatic carbocycles. The van der Waals surface area contributed by atoms with E-state index in [4.69, 9.17) is 10.9 Å². The monoisotopic (exact) mass is 518 g/mol. The molecule has 1 aliphatic heterocycles. The van der Waals surface area contributed by atoms with Gasteiger partial charge in [0.25, 0.3) is 0 Å². The third-order valence-corrected chi connectivity index (χ3v) is 8.86. The quantitative estimate of drug-likeness (QED) is 0.216. The molecule has 4 aromatic rings. The summed E-state index contributed by atoms with van der Waals surface area (Å²) in [6.45, 7) is 0. The van der Waals surface area contributed by atoms with Crippen molar-refractivity contribution in [2.24, 2.45) is 5.14 Å². The molecule has 1 fully saturated rings. The van der Waals surface area contributed by atoms with E-state index in [2.05, 4.69) is 31.9 Å². The van der Waals surface area contributed by atoms with Gasteiger partial charge in [-0.25, -0.2) is 42.8 Å². The molecule has 0 radical (unpaired) electrons. The van der Waals surface area contributed by atoms with Gasteiger partial charge in [0.15, 0.2) is 10.2 Å². The zero-order valence-corrected chi connectivity index (χ0v) is 19.6. The lowest BCUT2D eigenvalue weighted by Crippen LogP contribution is -2.33. The second-order valence-electron chi connectivity index (χ2n) is 7.25. The number of fused-ring (bicyclic) bond motifs is 1. The Labute approximate surface area is 198 Å². The molecule has 0 bridgehead atoms. The second kappa shape index (κ2) is 8.33. The van der Waals surface area contributed by atoms with Crippen LogP contribution in [0.25, 0.3) is 21.3 Å². The number of nitrogen functional groups attached to an aromatic ring is 1. The van der Waals surface area contributed by atoms with Gasteiger partial charge < -0.3 is 5.73 Å². The molecule has 1 aliphatic rings. The van der Waals surface area contributed by atoms with Crippen LogP contribution in [0.5, 0.6) is 0 Å². The van der Waals surface area contributed by atoms with E-state index in [1.54, 1.807) is 18.2 Å². The normalized spacial score (nSPS) is 15.2. The number of hydrogen-bond acceptors (Lipinski definition) is 12. The van der Waals surface area contributed by atoms with Gasteiger partial charge in [0.1, 0.15) is 11.1 Å². The van der Waals surface area contributed by atoms with E-state index in [9.17, 15) is 16.8 Å². The summed E-state index contributed by atoms with van der Waals surface area (Å²) in [6, 6.07) is 12.4. The fourth-order valence-electron chi connectivity index (χ4n) is 3.80. The number of benzene rings is 2. The van der Waals surface area contributed by atoms with Crippen LogP contribution in [0.2, 0.25) is 0 Å². The van der Waals surface area contributed by atoms with Crippen LogP contribution in [-0.4, -0.2) is 26.8 Å². The van der Waals surface area contributed by atoms with Gasteiger partial charge in [0.2, 0.25) is 19.9 Å². The number of sulfonamides is 1. The predicted octanol–water partition coefficient (Wildman–Crippen LogP) is 0.536. The molecule has 0 spiro atoms. The van der Waals surface area contributed by atoms with Gasteiger partial charge in [0.05, 0.1) is 15.1 Å². The Morgan fingerprint density at radius 3 is 2.35 bits per heavy atom. The SMILES string of the molecule is Nc1nc2c(-c3ccc(S(=O)(=O)c4ccccn4)c(S(N)(=O)=O)c3C3NNNN3)cccc2s1. The number of nitrogens with one attached hydrogen (secondary N) is 4. The molecule has 15 heteroatoms. The number of thiazole rings is 1. The smallest absolute Gasteiger partial charge is 0.239 e. The van der Waals surface area contributed by atoms with Gasteiger partial charge in [-0.15, -0.1) is 0 Å². The highest BCUT2D eigenvalue weighted by Crippen LogP contribution is 2.41. The Morgan fingerprint density at radius 2 is 1.68 bits per heavy atom. The summed E-state index contributed by atoms with van der Waals surface area (Å²) in [7, 11) is -8.90. The number of para-hydroxylation sites is 1. The Kier molecular flexibility index (Phi) is 5.58. The maximum atomic E-state index is 13.5. The maximum Gasteiger partial charge on any atom is 0.239 e. The lowest BCUT2D eigenvalue weighted by atomic mass is 9.97. The molecule has 0 saturated carbocycles. The van der Waals surface area contributed by atoms with E-state index in [-0.39, 0.29) is 10.6 Å². The van der Waals surface area contributed by atoms with Crippen LogP contribution < -0.4 is 32.8 Å². The largest absolute Gasteiger partial charge is 0.375 e. The molecule has 3 heterocycles. The van der Waals surface area contributed by atoms with Crippen molar-refractivity contribution in [1.29, 1.82) is 0 Å². The summed E-state index contributed by atoms with van der Waals surface area (Å²) in [4.78, 5) is 7.23. The molecule has 2 aromatic heterocycles. The molecule has 0 amide bonds. The minimum Gasteiger partial charge on any atom is -0.375 e. The molecule has 12 nitrogen and oxygen atoms in total. The highest BCUT2D eigenvalue weighted by Gasteiger charge is 2.35. The van der Waals surface area contributed by atoms with Crippen LogP contribution >= 0.6 is 11.3 Å². The predicted molar refractivity (Wildman–Crippen MR) is 126 cm³/mol. The van der Waals surface area contributed by atoms with Crippen LogP contribution in [0.3, 0.4) is 0 Å². The topological polar surface area (TPSA) is 194 Å². The first kappa shape index (κ1) is 22.8. The number of aromatic nitrogens is 2. The molecular weight excluding hydrogens is 500 g/mol. The number of primary sulfonamides is 1. The van der Waals surface area contributed by atoms with Crippen molar-refractivity contribution in [3.05, 3.63) is 60.3 Å². The molecule has 176 valence electrons. The number of sulfone groups is 1. The van der Waals surface area contributed by atoms with Crippen molar-refractivity contribution in [3.8, 4) is 11.1 Å². The van der Waals surface area contributed by atoms with Crippen LogP contribution in [0.4, 0.5) is 5.13 Å². The van der Waals surface area contributed by atoms with Crippen LogP contribution in [0.15, 0.2) is 69.5 Å². The third kappa shape index (κ3) is 3.83. The van der Waals surface area contributed by atoms with Crippen molar-refractivity contribution < 1.29 is 16.8 Å². The second-order valence-corrected chi connectivity index (χ2v) is 11.7. The number of nitrogens with two attached hydrogens (primary N) is 2. The molecule has 34 heavy (non-hydrogen) atoms. The van der Waals surface area contributed by atoms with Crippen molar-refractivity contribution in [2.45, 2.75) is 21.0 Å². The minimum absolute atomic E-state index is 0.0797. The zero-order valence-electron chi connectivity index (χ0n) is 17.2. The highest BCUT2D eigenvalue weighted by molar-refractivity contribution is 7.93. The van der Waals surface area contributed by atoms with Gasteiger partial charge in [-0.1, -0.05) is 35.6 Å². The Balaban J connectivity index is 1.88. The number of hydrazine groups is 3. The van der Waals surface area contributed by atoms with Crippen LogP contribution in [0, 0.1) is 0 Å². The number of anilines is 1. The van der Waals surface area contributed by atoms with Gasteiger partial charge in [0, 0.05) is 17.3 Å². The summed E-state index contributed by atoms with van der Waals surface area (Å²) in [5.74, 6) is 0. The average molecular weight is 519 g/mol. The van der Waals surface area contributed by atoms with Gasteiger partial charge in [-0.2, -0.15) is 11.1 Å².